The molecule has 2 aliphatic carbocycles. The third-order valence-electron chi connectivity index (χ3n) is 13.0. The van der Waals surface area contributed by atoms with E-state index in [-0.39, 0.29) is 56.4 Å². The van der Waals surface area contributed by atoms with Crippen LogP contribution >= 0.6 is 0 Å². The lowest BCUT2D eigenvalue weighted by Crippen LogP contribution is -2.58. The van der Waals surface area contributed by atoms with Crippen molar-refractivity contribution in [2.45, 2.75) is 88.3 Å². The monoisotopic (exact) mass is 739 g/mol. The van der Waals surface area contributed by atoms with Crippen LogP contribution in [0.1, 0.15) is 76.2 Å². The van der Waals surface area contributed by atoms with Gasteiger partial charge in [-0.15, -0.1) is 6.42 Å². The number of hydrogen-bond donors (Lipinski definition) is 1. The predicted octanol–water partition coefficient (Wildman–Crippen LogP) is 7.16. The number of piperidine rings is 1. The van der Waals surface area contributed by atoms with Crippen LogP contribution in [0.25, 0.3) is 32.9 Å². The molecule has 12 heteroatoms. The Morgan fingerprint density at radius 3 is 2.56 bits per heavy atom. The van der Waals surface area contributed by atoms with Gasteiger partial charge in [0, 0.05) is 48.1 Å². The highest BCUT2D eigenvalue weighted by atomic mass is 19.1. The molecule has 10 nitrogen and oxygen atoms in total. The summed E-state index contributed by atoms with van der Waals surface area (Å²) in [6.07, 6.45) is 17.9. The van der Waals surface area contributed by atoms with Gasteiger partial charge in [0.25, 0.3) is 0 Å². The number of aromatic hydroxyl groups is 1. The lowest BCUT2D eigenvalue weighted by atomic mass is 9.72. The second-order valence-corrected chi connectivity index (χ2v) is 15.9. The molecule has 2 saturated carbocycles. The SMILES string of the molecule is C#Cc1c(F)ccc2cc(O)cc(-c3nc(OC)c4c(N5CCCOCC5)nc(OC[C@]56CCC[C@H]5N(C5CCC7(CCO7)CC5)CCC6)nc4c3F)c12. The van der Waals surface area contributed by atoms with E-state index in [0.29, 0.717) is 61.6 Å². The number of hydrogen-bond acceptors (Lipinski definition) is 10. The maximum atomic E-state index is 17.3. The average Bonchev–Trinajstić information content (AvgIpc) is 3.43. The average molecular weight is 740 g/mol. The maximum Gasteiger partial charge on any atom is 0.319 e. The van der Waals surface area contributed by atoms with Crippen LogP contribution in [0.3, 0.4) is 0 Å². The van der Waals surface area contributed by atoms with Gasteiger partial charge in [-0.05, 0) is 94.3 Å². The van der Waals surface area contributed by atoms with Crippen molar-refractivity contribution in [2.24, 2.45) is 5.41 Å². The molecule has 284 valence electrons. The number of methoxy groups -OCH3 is 1. The minimum absolute atomic E-state index is 0.0442. The van der Waals surface area contributed by atoms with Crippen molar-refractivity contribution in [1.82, 2.24) is 19.9 Å². The Morgan fingerprint density at radius 1 is 0.944 bits per heavy atom. The van der Waals surface area contributed by atoms with Crippen LogP contribution in [-0.4, -0.2) is 95.8 Å². The lowest BCUT2D eigenvalue weighted by Gasteiger charge is -2.53. The van der Waals surface area contributed by atoms with Gasteiger partial charge in [0.2, 0.25) is 5.88 Å². The largest absolute Gasteiger partial charge is 0.508 e. The van der Waals surface area contributed by atoms with Crippen LogP contribution < -0.4 is 14.4 Å². The Morgan fingerprint density at radius 2 is 1.78 bits per heavy atom. The molecule has 5 heterocycles. The molecule has 3 saturated heterocycles. The number of phenolic OH excluding ortho intramolecular Hbond substituents is 1. The zero-order chi connectivity index (χ0) is 37.0. The zero-order valence-electron chi connectivity index (χ0n) is 30.8. The number of phenols is 1. The van der Waals surface area contributed by atoms with E-state index < -0.39 is 11.6 Å². The van der Waals surface area contributed by atoms with Crippen molar-refractivity contribution in [3.63, 3.8) is 0 Å². The van der Waals surface area contributed by atoms with Crippen LogP contribution in [0, 0.1) is 29.4 Å². The van der Waals surface area contributed by atoms with Crippen molar-refractivity contribution >= 4 is 27.5 Å². The van der Waals surface area contributed by atoms with Crippen LogP contribution in [0.2, 0.25) is 0 Å². The first-order chi connectivity index (χ1) is 26.3. The molecule has 2 aromatic heterocycles. The molecular weight excluding hydrogens is 692 g/mol. The Balaban J connectivity index is 1.12. The third-order valence-corrected chi connectivity index (χ3v) is 13.0. The number of benzene rings is 2. The Hall–Kier alpha value is -4.31. The number of pyridine rings is 1. The number of rotatable bonds is 7. The molecule has 4 aromatic rings. The topological polar surface area (TPSA) is 102 Å². The van der Waals surface area contributed by atoms with E-state index >= 15 is 8.78 Å². The van der Waals surface area contributed by atoms with Crippen LogP contribution in [-0.2, 0) is 9.47 Å². The standard InChI is InChI=1S/C42H47F2N5O5/c1-3-29-31(43)9-8-26-23-28(50)24-30(33(26)29)36-35(44)37-34(39(45-36)51-2)38(48-17-6-20-52-22-19-48)47-40(46-37)53-25-41-12-4-7-32(41)49(18-5-13-41)27-10-14-42(15-11-27)16-21-54-42/h1,8-9,23-24,27,32,50H,4-7,10-22,25H2,2H3/t27?,32-,41-,42?/m1/s1. The summed E-state index contributed by atoms with van der Waals surface area (Å²) in [6.45, 7) is 4.65. The summed E-state index contributed by atoms with van der Waals surface area (Å²) in [7, 11) is 1.45. The van der Waals surface area contributed by atoms with Gasteiger partial charge in [0.05, 0.1) is 38.1 Å². The van der Waals surface area contributed by atoms with E-state index in [1.165, 1.54) is 50.6 Å². The lowest BCUT2D eigenvalue weighted by molar-refractivity contribution is -0.175. The van der Waals surface area contributed by atoms with Crippen molar-refractivity contribution in [2.75, 3.05) is 58.1 Å². The smallest absolute Gasteiger partial charge is 0.319 e. The van der Waals surface area contributed by atoms with Crippen molar-refractivity contribution in [3.05, 3.63) is 41.5 Å². The molecule has 2 aromatic carbocycles. The second-order valence-electron chi connectivity index (χ2n) is 15.9. The summed E-state index contributed by atoms with van der Waals surface area (Å²) in [6, 6.07) is 6.56. The van der Waals surface area contributed by atoms with Gasteiger partial charge >= 0.3 is 6.01 Å². The minimum atomic E-state index is -0.782. The summed E-state index contributed by atoms with van der Waals surface area (Å²) in [5.74, 6) is 1.37. The van der Waals surface area contributed by atoms with Gasteiger partial charge in [-0.2, -0.15) is 9.97 Å². The predicted molar refractivity (Wildman–Crippen MR) is 201 cm³/mol. The summed E-state index contributed by atoms with van der Waals surface area (Å²) in [5, 5.41) is 11.7. The van der Waals surface area contributed by atoms with Gasteiger partial charge < -0.3 is 29.0 Å². The number of terminal acetylenes is 1. The molecular formula is C42H47F2N5O5. The number of ether oxygens (including phenoxy) is 4. The molecule has 2 atom stereocenters. The molecule has 5 fully saturated rings. The van der Waals surface area contributed by atoms with Crippen LogP contribution in [0.4, 0.5) is 14.6 Å². The van der Waals surface area contributed by atoms with Gasteiger partial charge in [0.1, 0.15) is 34.0 Å². The molecule has 3 aliphatic heterocycles. The fraction of sp³-hybridized carbons (Fsp3) is 0.548. The quantitative estimate of drug-likeness (QED) is 0.197. The highest BCUT2D eigenvalue weighted by Gasteiger charge is 2.52. The zero-order valence-corrected chi connectivity index (χ0v) is 30.8. The number of anilines is 1. The number of aromatic nitrogens is 3. The molecule has 5 aliphatic rings. The highest BCUT2D eigenvalue weighted by molar-refractivity contribution is 6.04. The molecule has 0 unspecified atom stereocenters. The number of fused-ring (bicyclic) bond motifs is 3. The van der Waals surface area contributed by atoms with Gasteiger partial charge in [-0.1, -0.05) is 18.4 Å². The summed E-state index contributed by atoms with van der Waals surface area (Å²) in [4.78, 5) is 19.2. The molecule has 54 heavy (non-hydrogen) atoms. The van der Waals surface area contributed by atoms with E-state index in [0.717, 1.165) is 64.5 Å². The van der Waals surface area contributed by atoms with Gasteiger partial charge in [-0.3, -0.25) is 4.90 Å². The first-order valence-electron chi connectivity index (χ1n) is 19.5. The fourth-order valence-corrected chi connectivity index (χ4v) is 10.3. The number of halogens is 2. The van der Waals surface area contributed by atoms with Gasteiger partial charge in [0.15, 0.2) is 5.82 Å². The Kier molecular flexibility index (Phi) is 9.23. The van der Waals surface area contributed by atoms with E-state index in [4.69, 9.17) is 35.3 Å². The van der Waals surface area contributed by atoms with E-state index in [2.05, 4.69) is 15.8 Å². The molecule has 0 amide bonds. The summed E-state index contributed by atoms with van der Waals surface area (Å²) in [5.41, 5.74) is -0.0866. The van der Waals surface area contributed by atoms with Crippen molar-refractivity contribution in [3.8, 4) is 41.2 Å². The minimum Gasteiger partial charge on any atom is -0.508 e. The molecule has 1 N–H and O–H groups in total. The van der Waals surface area contributed by atoms with E-state index in [1.807, 2.05) is 4.90 Å². The third kappa shape index (κ3) is 5.99. The Bertz CT molecular complexity index is 2120. The summed E-state index contributed by atoms with van der Waals surface area (Å²) >= 11 is 0. The van der Waals surface area contributed by atoms with Gasteiger partial charge in [-0.25, -0.2) is 13.8 Å². The first-order valence-corrected chi connectivity index (χ1v) is 19.5. The second kappa shape index (κ2) is 14.1. The van der Waals surface area contributed by atoms with Crippen molar-refractivity contribution in [1.29, 1.82) is 0 Å². The molecule has 0 radical (unpaired) electrons. The fourth-order valence-electron chi connectivity index (χ4n) is 10.3. The maximum absolute atomic E-state index is 17.3. The molecule has 9 rings (SSSR count). The normalized spacial score (nSPS) is 27.4. The van der Waals surface area contributed by atoms with Crippen molar-refractivity contribution < 1.29 is 32.8 Å². The van der Waals surface area contributed by atoms with E-state index in [9.17, 15) is 5.11 Å². The van der Waals surface area contributed by atoms with E-state index in [1.54, 1.807) is 0 Å². The van der Waals surface area contributed by atoms with Crippen LogP contribution in [0.5, 0.6) is 17.6 Å². The number of likely N-dealkylation sites (tertiary alicyclic amines) is 1. The molecule has 1 spiro atoms. The first kappa shape index (κ1) is 35.4. The van der Waals surface area contributed by atoms with Crippen LogP contribution in [0.15, 0.2) is 24.3 Å². The Labute approximate surface area is 314 Å². The molecule has 0 bridgehead atoms. The number of nitrogens with zero attached hydrogens (tertiary/aromatic N) is 5. The summed E-state index contributed by atoms with van der Waals surface area (Å²) < 4.78 is 56.6. The highest BCUT2D eigenvalue weighted by Crippen LogP contribution is 2.51.